The summed E-state index contributed by atoms with van der Waals surface area (Å²) in [6.45, 7) is 0. The lowest BCUT2D eigenvalue weighted by Gasteiger charge is -2.14. The van der Waals surface area contributed by atoms with E-state index >= 15 is 0 Å². The highest BCUT2D eigenvalue weighted by Crippen LogP contribution is 2.29. The number of hydrogen-bond donors (Lipinski definition) is 1. The van der Waals surface area contributed by atoms with Crippen LogP contribution in [0.2, 0.25) is 0 Å². The lowest BCUT2D eigenvalue weighted by Crippen LogP contribution is -2.42. The van der Waals surface area contributed by atoms with Gasteiger partial charge in [0.05, 0.1) is 13.2 Å². The molecule has 5 nitrogen and oxygen atoms in total. The molecule has 0 aliphatic heterocycles. The van der Waals surface area contributed by atoms with E-state index in [4.69, 9.17) is 5.26 Å². The molecule has 0 aromatic carbocycles. The fraction of sp³-hybridized carbons (Fsp3) is 0.700. The number of nitrogens with one attached hydrogen (secondary N) is 1. The van der Waals surface area contributed by atoms with Gasteiger partial charge in [0, 0.05) is 12.3 Å². The third-order valence-electron chi connectivity index (χ3n) is 2.30. The Kier molecular flexibility index (Phi) is 4.10. The van der Waals surface area contributed by atoms with Crippen molar-refractivity contribution in [2.45, 2.75) is 31.7 Å². The second-order valence-corrected chi connectivity index (χ2v) is 3.56. The van der Waals surface area contributed by atoms with E-state index in [0.717, 1.165) is 12.8 Å². The average Bonchev–Trinajstić information content (AvgIpc) is 3.06. The molecule has 0 heterocycles. The van der Waals surface area contributed by atoms with Gasteiger partial charge in [0.2, 0.25) is 5.91 Å². The van der Waals surface area contributed by atoms with E-state index in [1.807, 2.05) is 6.07 Å². The van der Waals surface area contributed by atoms with Crippen molar-refractivity contribution in [2.24, 2.45) is 5.92 Å². The van der Waals surface area contributed by atoms with Crippen LogP contribution in [-0.2, 0) is 14.3 Å². The second kappa shape index (κ2) is 5.35. The lowest BCUT2D eigenvalue weighted by atomic mass is 10.1. The van der Waals surface area contributed by atoms with E-state index in [0.29, 0.717) is 6.42 Å². The molecule has 1 fully saturated rings. The van der Waals surface area contributed by atoms with Crippen LogP contribution in [-0.4, -0.2) is 25.0 Å². The number of esters is 1. The standard InChI is InChI=1S/C10H14N2O3/c1-15-10(14)8(3-2-6-11)12-9(13)7-4-5-7/h7-8H,2-5H2,1H3,(H,12,13)/t8-/m0/s1. The first-order chi connectivity index (χ1) is 7.19. The quantitative estimate of drug-likeness (QED) is 0.664. The minimum atomic E-state index is -0.678. The van der Waals surface area contributed by atoms with Gasteiger partial charge in [0.1, 0.15) is 6.04 Å². The van der Waals surface area contributed by atoms with Crippen molar-refractivity contribution in [1.29, 1.82) is 5.26 Å². The van der Waals surface area contributed by atoms with Crippen LogP contribution >= 0.6 is 0 Å². The Balaban J connectivity index is 2.43. The zero-order valence-corrected chi connectivity index (χ0v) is 8.66. The van der Waals surface area contributed by atoms with Crippen molar-refractivity contribution in [1.82, 2.24) is 5.32 Å². The Labute approximate surface area is 88.4 Å². The van der Waals surface area contributed by atoms with Crippen LogP contribution in [0.25, 0.3) is 0 Å². The maximum Gasteiger partial charge on any atom is 0.328 e. The molecule has 0 aromatic heterocycles. The summed E-state index contributed by atoms with van der Waals surface area (Å²) in [7, 11) is 1.27. The Morgan fingerprint density at radius 2 is 2.27 bits per heavy atom. The van der Waals surface area contributed by atoms with Gasteiger partial charge in [-0.2, -0.15) is 5.26 Å². The molecule has 1 aliphatic carbocycles. The van der Waals surface area contributed by atoms with Gasteiger partial charge in [-0.05, 0) is 19.3 Å². The second-order valence-electron chi connectivity index (χ2n) is 3.56. The van der Waals surface area contributed by atoms with E-state index in [9.17, 15) is 9.59 Å². The molecule has 0 saturated heterocycles. The zero-order chi connectivity index (χ0) is 11.3. The van der Waals surface area contributed by atoms with Crippen LogP contribution in [0.1, 0.15) is 25.7 Å². The fourth-order valence-corrected chi connectivity index (χ4v) is 1.24. The number of carbonyl (C=O) groups excluding carboxylic acids is 2. The topological polar surface area (TPSA) is 79.2 Å². The summed E-state index contributed by atoms with van der Waals surface area (Å²) in [5, 5.41) is 11.0. The SMILES string of the molecule is COC(=O)[C@H](CCC#N)NC(=O)C1CC1. The number of hydrogen-bond acceptors (Lipinski definition) is 4. The highest BCUT2D eigenvalue weighted by Gasteiger charge is 2.32. The molecular formula is C10H14N2O3. The first-order valence-electron chi connectivity index (χ1n) is 4.94. The number of nitriles is 1. The molecule has 1 amide bonds. The number of amides is 1. The summed E-state index contributed by atoms with van der Waals surface area (Å²) < 4.78 is 4.55. The maximum absolute atomic E-state index is 11.4. The molecule has 0 spiro atoms. The Bertz CT molecular complexity index is 292. The van der Waals surface area contributed by atoms with Crippen LogP contribution in [0, 0.1) is 17.2 Å². The van der Waals surface area contributed by atoms with Crippen molar-refractivity contribution in [3.05, 3.63) is 0 Å². The molecule has 15 heavy (non-hydrogen) atoms. The van der Waals surface area contributed by atoms with E-state index in [1.165, 1.54) is 7.11 Å². The summed E-state index contributed by atoms with van der Waals surface area (Å²) in [5.74, 6) is -0.540. The molecule has 1 saturated carbocycles. The van der Waals surface area contributed by atoms with Crippen LogP contribution < -0.4 is 5.32 Å². The highest BCUT2D eigenvalue weighted by molar-refractivity contribution is 5.86. The lowest BCUT2D eigenvalue weighted by molar-refractivity contribution is -0.145. The first kappa shape index (κ1) is 11.5. The number of carbonyl (C=O) groups is 2. The normalized spacial score (nSPS) is 16.3. The molecule has 5 heteroatoms. The van der Waals surface area contributed by atoms with Crippen molar-refractivity contribution >= 4 is 11.9 Å². The van der Waals surface area contributed by atoms with E-state index in [1.54, 1.807) is 0 Å². The van der Waals surface area contributed by atoms with Crippen molar-refractivity contribution in [3.8, 4) is 6.07 Å². The minimum Gasteiger partial charge on any atom is -0.467 e. The molecule has 1 aliphatic rings. The molecule has 1 atom stereocenters. The molecular weight excluding hydrogens is 196 g/mol. The Morgan fingerprint density at radius 1 is 1.60 bits per heavy atom. The van der Waals surface area contributed by atoms with Gasteiger partial charge >= 0.3 is 5.97 Å². The summed E-state index contributed by atoms with van der Waals surface area (Å²) in [6, 6.07) is 1.26. The minimum absolute atomic E-state index is 0.0549. The average molecular weight is 210 g/mol. The number of ether oxygens (including phenoxy) is 1. The molecule has 82 valence electrons. The van der Waals surface area contributed by atoms with Gasteiger partial charge < -0.3 is 10.1 Å². The zero-order valence-electron chi connectivity index (χ0n) is 8.66. The monoisotopic (exact) mass is 210 g/mol. The van der Waals surface area contributed by atoms with Crippen LogP contribution in [0.5, 0.6) is 0 Å². The molecule has 1 N–H and O–H groups in total. The van der Waals surface area contributed by atoms with Crippen LogP contribution in [0.3, 0.4) is 0 Å². The largest absolute Gasteiger partial charge is 0.467 e. The van der Waals surface area contributed by atoms with Gasteiger partial charge in [-0.1, -0.05) is 0 Å². The van der Waals surface area contributed by atoms with Crippen LogP contribution in [0.4, 0.5) is 0 Å². The third-order valence-corrected chi connectivity index (χ3v) is 2.30. The number of rotatable bonds is 5. The predicted octanol–water partition coefficient (Wildman–Crippen LogP) is 0.358. The summed E-state index contributed by atoms with van der Waals surface area (Å²) in [4.78, 5) is 22.6. The molecule has 1 rings (SSSR count). The number of methoxy groups -OCH3 is 1. The molecule has 0 unspecified atom stereocenters. The van der Waals surface area contributed by atoms with Gasteiger partial charge in [-0.3, -0.25) is 4.79 Å². The van der Waals surface area contributed by atoms with Gasteiger partial charge in [0.15, 0.2) is 0 Å². The van der Waals surface area contributed by atoms with Crippen molar-refractivity contribution in [2.75, 3.05) is 7.11 Å². The third kappa shape index (κ3) is 3.58. The molecule has 0 aromatic rings. The smallest absolute Gasteiger partial charge is 0.328 e. The summed E-state index contributed by atoms with van der Waals surface area (Å²) >= 11 is 0. The highest BCUT2D eigenvalue weighted by atomic mass is 16.5. The van der Waals surface area contributed by atoms with Gasteiger partial charge in [0.25, 0.3) is 0 Å². The predicted molar refractivity (Wildman–Crippen MR) is 51.5 cm³/mol. The number of nitrogens with zero attached hydrogens (tertiary/aromatic N) is 1. The van der Waals surface area contributed by atoms with E-state index in [-0.39, 0.29) is 18.2 Å². The molecule has 0 bridgehead atoms. The Hall–Kier alpha value is -1.57. The maximum atomic E-state index is 11.4. The van der Waals surface area contributed by atoms with Crippen molar-refractivity contribution < 1.29 is 14.3 Å². The summed E-state index contributed by atoms with van der Waals surface area (Å²) in [5.41, 5.74) is 0. The first-order valence-corrected chi connectivity index (χ1v) is 4.94. The molecule has 0 radical (unpaired) electrons. The van der Waals surface area contributed by atoms with Crippen LogP contribution in [0.15, 0.2) is 0 Å². The van der Waals surface area contributed by atoms with E-state index in [2.05, 4.69) is 10.1 Å². The van der Waals surface area contributed by atoms with Gasteiger partial charge in [-0.15, -0.1) is 0 Å². The van der Waals surface area contributed by atoms with Crippen molar-refractivity contribution in [3.63, 3.8) is 0 Å². The fourth-order valence-electron chi connectivity index (χ4n) is 1.24. The van der Waals surface area contributed by atoms with E-state index < -0.39 is 12.0 Å². The van der Waals surface area contributed by atoms with Gasteiger partial charge in [-0.25, -0.2) is 4.79 Å². The summed E-state index contributed by atoms with van der Waals surface area (Å²) in [6.07, 6.45) is 2.31. The Morgan fingerprint density at radius 3 is 2.73 bits per heavy atom.